The highest BCUT2D eigenvalue weighted by molar-refractivity contribution is 6.09. The molecular weight excluding hydrogens is 497 g/mol. The Morgan fingerprint density at radius 1 is 1.24 bits per heavy atom. The lowest BCUT2D eigenvalue weighted by Crippen LogP contribution is -2.36. The highest BCUT2D eigenvalue weighted by Crippen LogP contribution is 2.34. The Labute approximate surface area is 220 Å². The van der Waals surface area contributed by atoms with Crippen molar-refractivity contribution in [1.82, 2.24) is 9.88 Å². The van der Waals surface area contributed by atoms with Crippen molar-refractivity contribution in [2.45, 2.75) is 26.2 Å². The fourth-order valence-corrected chi connectivity index (χ4v) is 4.74. The summed E-state index contributed by atoms with van der Waals surface area (Å²) in [5.74, 6) is -3.70. The van der Waals surface area contributed by atoms with E-state index in [-0.39, 0.29) is 25.2 Å². The third-order valence-electron chi connectivity index (χ3n) is 6.95. The highest BCUT2D eigenvalue weighted by Gasteiger charge is 2.40. The van der Waals surface area contributed by atoms with Gasteiger partial charge < -0.3 is 25.6 Å². The lowest BCUT2D eigenvalue weighted by Gasteiger charge is -2.28. The molecule has 3 heterocycles. The van der Waals surface area contributed by atoms with E-state index >= 15 is 0 Å². The van der Waals surface area contributed by atoms with Crippen LogP contribution in [0.25, 0.3) is 16.7 Å². The number of likely N-dealkylation sites (tertiary alicyclic amines) is 1. The summed E-state index contributed by atoms with van der Waals surface area (Å²) in [6, 6.07) is 6.05. The number of ether oxygens (including phenoxy) is 1. The zero-order valence-electron chi connectivity index (χ0n) is 21.8. The van der Waals surface area contributed by atoms with Gasteiger partial charge in [-0.15, -0.1) is 0 Å². The molecule has 0 saturated carbocycles. The summed E-state index contributed by atoms with van der Waals surface area (Å²) in [7, 11) is 1.64. The van der Waals surface area contributed by atoms with E-state index in [1.165, 1.54) is 17.2 Å². The number of hydrogen-bond acceptors (Lipinski definition) is 6. The molecule has 0 bridgehead atoms. The van der Waals surface area contributed by atoms with Gasteiger partial charge >= 0.3 is 6.03 Å². The predicted octanol–water partition coefficient (Wildman–Crippen LogP) is 4.54. The number of alkyl halides is 2. The van der Waals surface area contributed by atoms with E-state index in [1.807, 2.05) is 12.1 Å². The number of aromatic nitrogens is 1. The number of allylic oxidation sites excluding steroid dienone is 1. The number of nitrogens with one attached hydrogen (secondary N) is 1. The van der Waals surface area contributed by atoms with Gasteiger partial charge in [0.25, 0.3) is 0 Å². The maximum absolute atomic E-state index is 15.0. The second-order valence-corrected chi connectivity index (χ2v) is 9.67. The SMILES string of the molecule is CN=C/C(=C\N)c1cc(-c2cc(NC(=O)N3CCC(C(C)(F)F)C3)c(F)cc2C)cc(N2CCOCC2)n1. The number of carbonyl (C=O) groups is 1. The van der Waals surface area contributed by atoms with Gasteiger partial charge in [0, 0.05) is 57.1 Å². The minimum atomic E-state index is -2.88. The maximum atomic E-state index is 15.0. The fourth-order valence-electron chi connectivity index (χ4n) is 4.74. The number of urea groups is 1. The number of carbonyl (C=O) groups excluding carboxylic acids is 1. The number of nitrogens with zero attached hydrogens (tertiary/aromatic N) is 4. The van der Waals surface area contributed by atoms with Crippen molar-refractivity contribution in [3.05, 3.63) is 47.5 Å². The number of halogens is 3. The number of rotatable bonds is 6. The minimum Gasteiger partial charge on any atom is -0.404 e. The van der Waals surface area contributed by atoms with E-state index in [2.05, 4.69) is 15.2 Å². The molecule has 0 aliphatic carbocycles. The predicted molar refractivity (Wildman–Crippen MR) is 143 cm³/mol. The van der Waals surface area contributed by atoms with Crippen LogP contribution in [0.4, 0.5) is 29.5 Å². The zero-order valence-corrected chi connectivity index (χ0v) is 21.8. The van der Waals surface area contributed by atoms with Gasteiger partial charge in [0.05, 0.1) is 24.6 Å². The standard InChI is InChI=1S/C27H33F3N6O2/c1-17-10-22(28)24(34-26(37)36-5-4-20(16-36)27(2,29)30)13-21(17)18-11-23(19(14-31)15-32-3)33-25(12-18)35-6-8-38-9-7-35/h10-15,20H,4-9,16,31H2,1-3H3,(H,34,37)/b19-14+,32-15?. The molecule has 1 aromatic carbocycles. The molecule has 0 spiro atoms. The lowest BCUT2D eigenvalue weighted by molar-refractivity contribution is -0.0338. The molecule has 38 heavy (non-hydrogen) atoms. The summed E-state index contributed by atoms with van der Waals surface area (Å²) < 4.78 is 47.9. The average molecular weight is 531 g/mol. The number of pyridine rings is 1. The summed E-state index contributed by atoms with van der Waals surface area (Å²) in [6.45, 7) is 5.21. The van der Waals surface area contributed by atoms with E-state index in [4.69, 9.17) is 15.5 Å². The minimum absolute atomic E-state index is 0.0293. The number of aryl methyl sites for hydroxylation is 1. The normalized spacial score (nSPS) is 18.9. The van der Waals surface area contributed by atoms with Crippen LogP contribution in [-0.4, -0.2) is 74.5 Å². The van der Waals surface area contributed by atoms with E-state index < -0.39 is 23.7 Å². The van der Waals surface area contributed by atoms with Crippen molar-refractivity contribution < 1.29 is 22.7 Å². The molecule has 1 aromatic heterocycles. The van der Waals surface area contributed by atoms with Crippen molar-refractivity contribution in [1.29, 1.82) is 0 Å². The largest absolute Gasteiger partial charge is 0.404 e. The number of morpholine rings is 1. The summed E-state index contributed by atoms with van der Waals surface area (Å²) in [5, 5.41) is 2.58. The Morgan fingerprint density at radius 2 is 1.97 bits per heavy atom. The molecule has 0 radical (unpaired) electrons. The first kappa shape index (κ1) is 27.4. The molecule has 2 fully saturated rings. The Morgan fingerprint density at radius 3 is 2.61 bits per heavy atom. The second-order valence-electron chi connectivity index (χ2n) is 9.67. The first-order valence-corrected chi connectivity index (χ1v) is 12.5. The van der Waals surface area contributed by atoms with E-state index in [0.717, 1.165) is 12.5 Å². The van der Waals surface area contributed by atoms with Crippen molar-refractivity contribution in [2.75, 3.05) is 56.7 Å². The van der Waals surface area contributed by atoms with Crippen LogP contribution in [0.15, 0.2) is 35.5 Å². The van der Waals surface area contributed by atoms with Gasteiger partial charge in [-0.05, 0) is 61.2 Å². The fraction of sp³-hybridized carbons (Fsp3) is 0.444. The van der Waals surface area contributed by atoms with Gasteiger partial charge in [-0.1, -0.05) is 0 Å². The summed E-state index contributed by atoms with van der Waals surface area (Å²) in [5.41, 5.74) is 9.13. The Hall–Kier alpha value is -3.60. The second kappa shape index (κ2) is 11.4. The molecular formula is C27H33F3N6O2. The Kier molecular flexibility index (Phi) is 8.25. The van der Waals surface area contributed by atoms with Crippen LogP contribution in [0, 0.1) is 18.7 Å². The molecule has 2 aromatic rings. The molecule has 4 rings (SSSR count). The molecule has 1 unspecified atom stereocenters. The van der Waals surface area contributed by atoms with Gasteiger partial charge in [0.1, 0.15) is 11.6 Å². The number of aliphatic imine (C=N–C) groups is 1. The Bertz CT molecular complexity index is 1240. The third-order valence-corrected chi connectivity index (χ3v) is 6.95. The van der Waals surface area contributed by atoms with Crippen LogP contribution in [0.5, 0.6) is 0 Å². The van der Waals surface area contributed by atoms with Gasteiger partial charge in [-0.25, -0.2) is 22.9 Å². The first-order valence-electron chi connectivity index (χ1n) is 12.5. The third kappa shape index (κ3) is 6.09. The lowest BCUT2D eigenvalue weighted by atomic mass is 9.98. The molecule has 1 atom stereocenters. The number of nitrogens with two attached hydrogens (primary N) is 1. The molecule has 8 nitrogen and oxygen atoms in total. The zero-order chi connectivity index (χ0) is 27.4. The van der Waals surface area contributed by atoms with Gasteiger partial charge in [0.15, 0.2) is 0 Å². The Balaban J connectivity index is 1.69. The van der Waals surface area contributed by atoms with Gasteiger partial charge in [0.2, 0.25) is 5.92 Å². The summed E-state index contributed by atoms with van der Waals surface area (Å²) in [4.78, 5) is 25.1. The molecule has 11 heteroatoms. The van der Waals surface area contributed by atoms with Crippen LogP contribution in [-0.2, 0) is 4.74 Å². The summed E-state index contributed by atoms with van der Waals surface area (Å²) in [6.07, 6.45) is 3.23. The molecule has 2 saturated heterocycles. The maximum Gasteiger partial charge on any atom is 0.321 e. The van der Waals surface area contributed by atoms with Crippen LogP contribution in [0.2, 0.25) is 0 Å². The molecule has 204 valence electrons. The van der Waals surface area contributed by atoms with Crippen molar-refractivity contribution in [3.8, 4) is 11.1 Å². The topological polar surface area (TPSA) is 96.1 Å². The van der Waals surface area contributed by atoms with Gasteiger partial charge in [-0.3, -0.25) is 4.99 Å². The summed E-state index contributed by atoms with van der Waals surface area (Å²) >= 11 is 0. The van der Waals surface area contributed by atoms with E-state index in [0.29, 0.717) is 54.5 Å². The number of amides is 2. The first-order chi connectivity index (χ1) is 18.1. The molecule has 3 N–H and O–H groups in total. The van der Waals surface area contributed by atoms with Crippen molar-refractivity contribution >= 4 is 29.3 Å². The highest BCUT2D eigenvalue weighted by atomic mass is 19.3. The molecule has 2 aliphatic rings. The van der Waals surface area contributed by atoms with Crippen LogP contribution in [0.3, 0.4) is 0 Å². The van der Waals surface area contributed by atoms with Crippen LogP contribution >= 0.6 is 0 Å². The monoisotopic (exact) mass is 530 g/mol. The quantitative estimate of drug-likeness (QED) is 0.535. The smallest absolute Gasteiger partial charge is 0.321 e. The van der Waals surface area contributed by atoms with Crippen LogP contribution < -0.4 is 16.0 Å². The van der Waals surface area contributed by atoms with Crippen molar-refractivity contribution in [3.63, 3.8) is 0 Å². The van der Waals surface area contributed by atoms with Gasteiger partial charge in [-0.2, -0.15) is 0 Å². The van der Waals surface area contributed by atoms with Crippen LogP contribution in [0.1, 0.15) is 24.6 Å². The van der Waals surface area contributed by atoms with Crippen molar-refractivity contribution in [2.24, 2.45) is 16.6 Å². The number of hydrogen-bond donors (Lipinski definition) is 2. The number of benzene rings is 1. The van der Waals surface area contributed by atoms with E-state index in [9.17, 15) is 18.0 Å². The van der Waals surface area contributed by atoms with E-state index in [1.54, 1.807) is 26.3 Å². The average Bonchev–Trinajstić information content (AvgIpc) is 3.40. The molecule has 2 aliphatic heterocycles. The number of anilines is 2. The molecule has 2 amide bonds.